The number of fused-ring (bicyclic) bond motifs is 3. The molecule has 0 atom stereocenters. The number of nitrogens with zero attached hydrogens (tertiary/aromatic N) is 4. The van der Waals surface area contributed by atoms with E-state index in [-0.39, 0.29) is 21.1 Å². The van der Waals surface area contributed by atoms with Crippen molar-refractivity contribution >= 4 is 21.8 Å². The summed E-state index contributed by atoms with van der Waals surface area (Å²) >= 11 is 0. The Morgan fingerprint density at radius 3 is 2.20 bits per heavy atom. The molecule has 3 heterocycles. The summed E-state index contributed by atoms with van der Waals surface area (Å²) in [7, 11) is 0. The van der Waals surface area contributed by atoms with Gasteiger partial charge >= 0.3 is 21.1 Å². The van der Waals surface area contributed by atoms with Gasteiger partial charge in [-0.1, -0.05) is 81.4 Å². The number of pyridine rings is 1. The largest absolute Gasteiger partial charge is 2.00 e. The van der Waals surface area contributed by atoms with Gasteiger partial charge in [-0.3, -0.25) is 4.68 Å². The second-order valence-corrected chi connectivity index (χ2v) is 13.2. The van der Waals surface area contributed by atoms with Crippen molar-refractivity contribution in [1.29, 1.82) is 0 Å². The molecule has 0 amide bonds. The second kappa shape index (κ2) is 15.2. The van der Waals surface area contributed by atoms with Crippen LogP contribution in [0.3, 0.4) is 0 Å². The Morgan fingerprint density at radius 2 is 1.44 bits per heavy atom. The molecule has 0 radical (unpaired) electrons. The Labute approximate surface area is 310 Å². The van der Waals surface area contributed by atoms with Crippen molar-refractivity contribution < 1.29 is 25.8 Å². The second-order valence-electron chi connectivity index (χ2n) is 13.2. The van der Waals surface area contributed by atoms with Crippen molar-refractivity contribution in [1.82, 2.24) is 19.3 Å². The summed E-state index contributed by atoms with van der Waals surface area (Å²) in [5.74, 6) is 2.19. The monoisotopic (exact) mass is 839 g/mol. The van der Waals surface area contributed by atoms with E-state index in [1.807, 2.05) is 16.9 Å². The Morgan fingerprint density at radius 1 is 0.700 bits per heavy atom. The normalized spacial score (nSPS) is 11.3. The zero-order valence-corrected chi connectivity index (χ0v) is 32.1. The van der Waals surface area contributed by atoms with Crippen LogP contribution in [0.2, 0.25) is 0 Å². The van der Waals surface area contributed by atoms with E-state index >= 15 is 0 Å². The number of rotatable bonds is 11. The molecule has 256 valence electrons. The van der Waals surface area contributed by atoms with E-state index < -0.39 is 0 Å². The van der Waals surface area contributed by atoms with Gasteiger partial charge in [-0.05, 0) is 92.1 Å². The average Bonchev–Trinajstić information content (AvgIpc) is 3.59. The number of benzene rings is 4. The number of unbranched alkanes of at least 4 members (excludes halogenated alkanes) is 2. The Balaban J connectivity index is 0.00000432. The van der Waals surface area contributed by atoms with Gasteiger partial charge in [0.15, 0.2) is 0 Å². The van der Waals surface area contributed by atoms with Crippen molar-refractivity contribution in [3.63, 3.8) is 0 Å². The SMILES string of the molecule is CCCCc1cc(Oc2[c-]c3c(cc2)c2ccccc2n3-c2cc(CCCC)ccn2)[c-]c(-n2nc(C)c(-c3c(C)cccc3C)c2C)c1.[Pt+2]. The van der Waals surface area contributed by atoms with E-state index in [4.69, 9.17) is 14.8 Å². The van der Waals surface area contributed by atoms with Crippen LogP contribution in [0, 0.1) is 39.8 Å². The maximum absolute atomic E-state index is 6.65. The van der Waals surface area contributed by atoms with Crippen molar-refractivity contribution in [2.45, 2.75) is 80.1 Å². The van der Waals surface area contributed by atoms with E-state index in [1.54, 1.807) is 0 Å². The van der Waals surface area contributed by atoms with Crippen molar-refractivity contribution in [2.75, 3.05) is 0 Å². The number of ether oxygens (including phenoxy) is 1. The fraction of sp³-hybridized carbons (Fsp3) is 0.273. The molecule has 0 spiro atoms. The molecule has 3 aromatic heterocycles. The summed E-state index contributed by atoms with van der Waals surface area (Å²) in [6.45, 7) is 13.1. The molecule has 5 nitrogen and oxygen atoms in total. The molecular weight excluding hydrogens is 796 g/mol. The van der Waals surface area contributed by atoms with Gasteiger partial charge in [-0.15, -0.1) is 35.7 Å². The van der Waals surface area contributed by atoms with E-state index in [0.717, 1.165) is 77.8 Å². The zero-order valence-electron chi connectivity index (χ0n) is 29.8. The van der Waals surface area contributed by atoms with Crippen LogP contribution in [0.15, 0.2) is 85.1 Å². The number of hydrogen-bond donors (Lipinski definition) is 0. The maximum atomic E-state index is 6.65. The van der Waals surface area contributed by atoms with E-state index in [1.165, 1.54) is 38.8 Å². The molecule has 0 saturated heterocycles. The molecule has 0 saturated carbocycles. The fourth-order valence-electron chi connectivity index (χ4n) is 7.14. The van der Waals surface area contributed by atoms with Crippen LogP contribution in [0.4, 0.5) is 0 Å². The van der Waals surface area contributed by atoms with Crippen LogP contribution in [0.25, 0.3) is 44.4 Å². The quantitative estimate of drug-likeness (QED) is 0.122. The van der Waals surface area contributed by atoms with Gasteiger partial charge in [0.05, 0.1) is 5.69 Å². The Bertz CT molecular complexity index is 2280. The molecule has 0 aliphatic carbocycles. The molecule has 0 aliphatic rings. The molecule has 0 fully saturated rings. The topological polar surface area (TPSA) is 44.9 Å². The third kappa shape index (κ3) is 6.81. The Kier molecular flexibility index (Phi) is 10.7. The molecule has 6 heteroatoms. The molecule has 50 heavy (non-hydrogen) atoms. The van der Waals surface area contributed by atoms with Crippen LogP contribution in [0.5, 0.6) is 11.5 Å². The van der Waals surface area contributed by atoms with Crippen LogP contribution in [-0.2, 0) is 33.9 Å². The minimum atomic E-state index is 0. The van der Waals surface area contributed by atoms with Gasteiger partial charge in [0.25, 0.3) is 0 Å². The fourth-order valence-corrected chi connectivity index (χ4v) is 7.14. The first-order chi connectivity index (χ1) is 23.9. The van der Waals surface area contributed by atoms with Crippen LogP contribution in [-0.4, -0.2) is 19.3 Å². The van der Waals surface area contributed by atoms with Crippen molar-refractivity contribution in [3.8, 4) is 34.1 Å². The molecule has 7 aromatic rings. The molecule has 0 bridgehead atoms. The van der Waals surface area contributed by atoms with Gasteiger partial charge in [0.1, 0.15) is 5.82 Å². The van der Waals surface area contributed by atoms with Crippen molar-refractivity contribution in [2.24, 2.45) is 0 Å². The minimum Gasteiger partial charge on any atom is -0.509 e. The predicted molar refractivity (Wildman–Crippen MR) is 201 cm³/mol. The van der Waals surface area contributed by atoms with Gasteiger partial charge in [-0.25, -0.2) is 4.98 Å². The first-order valence-corrected chi connectivity index (χ1v) is 17.6. The summed E-state index contributed by atoms with van der Waals surface area (Å²) in [4.78, 5) is 4.83. The maximum Gasteiger partial charge on any atom is 2.00 e. The number of aryl methyl sites for hydroxylation is 5. The molecule has 0 N–H and O–H groups in total. The van der Waals surface area contributed by atoms with E-state index in [0.29, 0.717) is 11.5 Å². The van der Waals surface area contributed by atoms with Gasteiger partial charge in [0, 0.05) is 34.5 Å². The number of aromatic nitrogens is 4. The summed E-state index contributed by atoms with van der Waals surface area (Å²) < 4.78 is 10.9. The summed E-state index contributed by atoms with van der Waals surface area (Å²) in [6.07, 6.45) is 8.43. The van der Waals surface area contributed by atoms with E-state index in [2.05, 4.69) is 131 Å². The molecule has 4 aromatic carbocycles. The first-order valence-electron chi connectivity index (χ1n) is 17.6. The number of para-hydroxylation sites is 1. The smallest absolute Gasteiger partial charge is 0.509 e. The van der Waals surface area contributed by atoms with Crippen molar-refractivity contribution in [3.05, 3.63) is 131 Å². The molecule has 7 rings (SSSR count). The first kappa shape index (κ1) is 35.4. The molecular formula is C44H44N4OPt. The predicted octanol–water partition coefficient (Wildman–Crippen LogP) is 11.3. The summed E-state index contributed by atoms with van der Waals surface area (Å²) in [5, 5.41) is 7.34. The van der Waals surface area contributed by atoms with Crippen LogP contribution in [0.1, 0.15) is 73.2 Å². The summed E-state index contributed by atoms with van der Waals surface area (Å²) in [6, 6.07) is 35.0. The van der Waals surface area contributed by atoms with Gasteiger partial charge < -0.3 is 9.30 Å². The van der Waals surface area contributed by atoms with Crippen LogP contribution >= 0.6 is 0 Å². The van der Waals surface area contributed by atoms with E-state index in [9.17, 15) is 0 Å². The van der Waals surface area contributed by atoms with Crippen LogP contribution < -0.4 is 4.74 Å². The Hall–Kier alpha value is -4.47. The third-order valence-corrected chi connectivity index (χ3v) is 9.59. The minimum absolute atomic E-state index is 0. The summed E-state index contributed by atoms with van der Waals surface area (Å²) in [5.41, 5.74) is 12.5. The molecule has 0 unspecified atom stereocenters. The van der Waals surface area contributed by atoms with Gasteiger partial charge in [-0.2, -0.15) is 16.7 Å². The standard InChI is InChI=1S/C44H44N4O.Pt/c1-7-9-16-33-22-23-45-42(26-33)47-40-19-12-11-18-38(40)39-21-20-36(28-41(39)47)49-37-25-34(17-10-8-2)24-35(27-37)48-32(6)44(31(5)46-48)43-29(3)14-13-15-30(43)4;/h11-15,18-26H,7-10,16-17H2,1-6H3;/q-2;+2. The average molecular weight is 840 g/mol. The molecule has 0 aliphatic heterocycles. The number of hydrogen-bond acceptors (Lipinski definition) is 3. The zero-order chi connectivity index (χ0) is 34.1. The van der Waals surface area contributed by atoms with Gasteiger partial charge in [0.2, 0.25) is 0 Å². The third-order valence-electron chi connectivity index (χ3n) is 9.59.